The number of carbonyl (C=O) groups excluding carboxylic acids is 2. The van der Waals surface area contributed by atoms with E-state index in [-0.39, 0.29) is 51.2 Å². The fourth-order valence-corrected chi connectivity index (χ4v) is 7.29. The van der Waals surface area contributed by atoms with Crippen LogP contribution in [0.1, 0.15) is 39.7 Å². The third-order valence-electron chi connectivity index (χ3n) is 8.79. The van der Waals surface area contributed by atoms with Crippen LogP contribution in [-0.4, -0.2) is 47.3 Å². The second-order valence-electron chi connectivity index (χ2n) is 11.1. The van der Waals surface area contributed by atoms with Crippen LogP contribution in [0.2, 0.25) is 0 Å². The lowest BCUT2D eigenvalue weighted by Gasteiger charge is -2.35. The Hall–Kier alpha value is -4.68. The van der Waals surface area contributed by atoms with E-state index < -0.39 is 63.3 Å². The van der Waals surface area contributed by atoms with E-state index in [9.17, 15) is 34.5 Å². The van der Waals surface area contributed by atoms with Crippen LogP contribution in [-0.2, 0) is 35.8 Å². The fraction of sp³-hybridized carbons (Fsp3) is 0.333. The average Bonchev–Trinajstić information content (AvgIpc) is 3.36. The van der Waals surface area contributed by atoms with Gasteiger partial charge in [0, 0.05) is 23.8 Å². The first-order valence-electron chi connectivity index (χ1n) is 13.1. The second-order valence-corrected chi connectivity index (χ2v) is 11.1. The maximum absolute atomic E-state index is 14.2. The molecule has 0 bridgehead atoms. The molecule has 0 saturated carbocycles. The van der Waals surface area contributed by atoms with Crippen LogP contribution in [0, 0.1) is 25.7 Å². The number of hydrogen-bond donors (Lipinski definition) is 3. The average molecular weight is 577 g/mol. The van der Waals surface area contributed by atoms with Crippen LogP contribution < -0.4 is 10.9 Å². The van der Waals surface area contributed by atoms with Crippen molar-refractivity contribution < 1.29 is 48.0 Å². The van der Waals surface area contributed by atoms with E-state index in [1.54, 1.807) is 19.9 Å². The summed E-state index contributed by atoms with van der Waals surface area (Å²) in [4.78, 5) is 55.2. The molecule has 2 aromatic heterocycles. The summed E-state index contributed by atoms with van der Waals surface area (Å²) in [6.07, 6.45) is -0.285. The zero-order valence-electron chi connectivity index (χ0n) is 22.8. The number of ether oxygens (including phenoxy) is 3. The summed E-state index contributed by atoms with van der Waals surface area (Å²) in [5, 5.41) is 32.8. The largest absolute Gasteiger partial charge is 0.507 e. The Morgan fingerprint density at radius 2 is 1.45 bits per heavy atom. The molecule has 0 spiro atoms. The number of phenols is 2. The predicted octanol–water partition coefficient (Wildman–Crippen LogP) is 2.12. The number of carbonyl (C=O) groups is 2. The number of phenolic OH excluding ortho intramolecular Hbond substituents is 2. The molecule has 2 aromatic carbocycles. The Morgan fingerprint density at radius 3 is 2.05 bits per heavy atom. The number of benzene rings is 2. The summed E-state index contributed by atoms with van der Waals surface area (Å²) in [7, 11) is 2.06. The van der Waals surface area contributed by atoms with Crippen LogP contribution >= 0.6 is 0 Å². The quantitative estimate of drug-likeness (QED) is 0.296. The van der Waals surface area contributed by atoms with Crippen molar-refractivity contribution in [2.45, 2.75) is 37.6 Å². The molecule has 12 heteroatoms. The highest BCUT2D eigenvalue weighted by atomic mass is 16.7. The zero-order chi connectivity index (χ0) is 30.0. The molecule has 4 aromatic rings. The van der Waals surface area contributed by atoms with Crippen molar-refractivity contribution in [1.29, 1.82) is 0 Å². The van der Waals surface area contributed by atoms with Gasteiger partial charge in [-0.25, -0.2) is 9.59 Å². The Bertz CT molecular complexity index is 2040. The van der Waals surface area contributed by atoms with Crippen molar-refractivity contribution in [1.82, 2.24) is 0 Å². The van der Waals surface area contributed by atoms with Crippen LogP contribution in [0.15, 0.2) is 42.7 Å². The lowest BCUT2D eigenvalue weighted by Crippen LogP contribution is -2.49. The number of rotatable bonds is 2. The molecular formula is C30H24O12. The molecule has 2 aliphatic carbocycles. The molecule has 42 heavy (non-hydrogen) atoms. The topological polar surface area (TPSA) is 183 Å². The summed E-state index contributed by atoms with van der Waals surface area (Å²) in [5.74, 6) is -9.88. The number of aromatic hydroxyl groups is 2. The molecule has 3 heterocycles. The Kier molecular flexibility index (Phi) is 5.12. The van der Waals surface area contributed by atoms with E-state index in [0.717, 1.165) is 14.2 Å². The summed E-state index contributed by atoms with van der Waals surface area (Å²) >= 11 is 0. The van der Waals surface area contributed by atoms with Crippen molar-refractivity contribution in [2.75, 3.05) is 14.2 Å². The summed E-state index contributed by atoms with van der Waals surface area (Å²) < 4.78 is 28.3. The molecule has 0 radical (unpaired) electrons. The number of fused-ring (bicyclic) bond motifs is 7. The number of aryl methyl sites for hydroxylation is 2. The standard InChI is InChI=1S/C30H24O12/c1-10-5-13(31)18-15(7-10)40-17-9-12-22-21(20(17)24(18)33)26-23(25(34)19-14(32)6-11(2)8-16(19)41-26)29(22,27(35)38-3)42-30(12,37)28(36)39-4/h5-8,12,21-22,31-32,37H,9H2,1-4H3/t12?,21?,22?,29-,30-/m1/s1. The highest BCUT2D eigenvalue weighted by molar-refractivity contribution is 5.92. The molecule has 1 saturated heterocycles. The number of aliphatic hydroxyl groups is 1. The lowest BCUT2D eigenvalue weighted by atomic mass is 9.66. The number of methoxy groups -OCH3 is 2. The minimum atomic E-state index is -2.78. The maximum Gasteiger partial charge on any atom is 0.366 e. The Balaban J connectivity index is 1.68. The first kappa shape index (κ1) is 26.2. The SMILES string of the molecule is COC(=O)[C@]1(O)O[C@@]2(C(=O)OC)c3c(oc4cc(C)cc(O)c4c3=O)C3c4c(oc5cc(C)cc(O)c5c4=O)CC1C32. The van der Waals surface area contributed by atoms with Crippen LogP contribution in [0.5, 0.6) is 11.5 Å². The van der Waals surface area contributed by atoms with E-state index in [1.807, 2.05) is 0 Å². The highest BCUT2D eigenvalue weighted by Gasteiger charge is 2.78. The van der Waals surface area contributed by atoms with Gasteiger partial charge < -0.3 is 38.4 Å². The van der Waals surface area contributed by atoms with Gasteiger partial charge in [-0.15, -0.1) is 0 Å². The smallest absolute Gasteiger partial charge is 0.366 e. The van der Waals surface area contributed by atoms with Gasteiger partial charge in [0.1, 0.15) is 45.0 Å². The lowest BCUT2D eigenvalue weighted by molar-refractivity contribution is -0.251. The molecule has 1 fully saturated rings. The fourth-order valence-electron chi connectivity index (χ4n) is 7.29. The molecular weight excluding hydrogens is 552 g/mol. The molecule has 3 unspecified atom stereocenters. The van der Waals surface area contributed by atoms with Gasteiger partial charge in [-0.2, -0.15) is 0 Å². The van der Waals surface area contributed by atoms with E-state index >= 15 is 0 Å². The van der Waals surface area contributed by atoms with Gasteiger partial charge in [-0.3, -0.25) is 9.59 Å². The first-order chi connectivity index (χ1) is 19.9. The summed E-state index contributed by atoms with van der Waals surface area (Å²) in [6, 6.07) is 5.80. The van der Waals surface area contributed by atoms with Crippen LogP contribution in [0.25, 0.3) is 21.9 Å². The number of hydrogen-bond acceptors (Lipinski definition) is 12. The van der Waals surface area contributed by atoms with Crippen molar-refractivity contribution in [2.24, 2.45) is 11.8 Å². The van der Waals surface area contributed by atoms with E-state index in [0.29, 0.717) is 11.1 Å². The van der Waals surface area contributed by atoms with Gasteiger partial charge in [0.2, 0.25) is 16.5 Å². The molecule has 3 aliphatic rings. The van der Waals surface area contributed by atoms with Crippen molar-refractivity contribution in [3.8, 4) is 11.5 Å². The van der Waals surface area contributed by atoms with Gasteiger partial charge in [0.05, 0.1) is 25.7 Å². The first-order valence-corrected chi connectivity index (χ1v) is 13.1. The van der Waals surface area contributed by atoms with Gasteiger partial charge >= 0.3 is 11.9 Å². The molecule has 12 nitrogen and oxygen atoms in total. The van der Waals surface area contributed by atoms with Gasteiger partial charge in [-0.05, 0) is 49.2 Å². The zero-order valence-corrected chi connectivity index (χ0v) is 22.8. The Morgan fingerprint density at radius 1 is 0.881 bits per heavy atom. The van der Waals surface area contributed by atoms with Gasteiger partial charge in [-0.1, -0.05) is 0 Å². The third-order valence-corrected chi connectivity index (χ3v) is 8.79. The molecule has 0 amide bonds. The van der Waals surface area contributed by atoms with Crippen LogP contribution in [0.4, 0.5) is 0 Å². The molecule has 1 aliphatic heterocycles. The van der Waals surface area contributed by atoms with E-state index in [4.69, 9.17) is 23.0 Å². The monoisotopic (exact) mass is 576 g/mol. The van der Waals surface area contributed by atoms with Crippen molar-refractivity contribution in [3.05, 3.63) is 78.5 Å². The summed E-state index contributed by atoms with van der Waals surface area (Å²) in [5.41, 5.74) is -3.22. The maximum atomic E-state index is 14.2. The van der Waals surface area contributed by atoms with E-state index in [2.05, 4.69) is 0 Å². The minimum absolute atomic E-state index is 0.0215. The molecule has 7 rings (SSSR count). The second kappa shape index (κ2) is 8.20. The summed E-state index contributed by atoms with van der Waals surface area (Å²) in [6.45, 7) is 3.37. The predicted molar refractivity (Wildman–Crippen MR) is 142 cm³/mol. The third kappa shape index (κ3) is 2.92. The van der Waals surface area contributed by atoms with Gasteiger partial charge in [0.25, 0.3) is 5.79 Å². The molecule has 216 valence electrons. The minimum Gasteiger partial charge on any atom is -0.507 e. The van der Waals surface area contributed by atoms with E-state index in [1.165, 1.54) is 18.2 Å². The normalized spacial score (nSPS) is 27.0. The number of esters is 2. The van der Waals surface area contributed by atoms with Crippen molar-refractivity contribution in [3.63, 3.8) is 0 Å². The van der Waals surface area contributed by atoms with Crippen molar-refractivity contribution >= 4 is 33.9 Å². The molecule has 5 atom stereocenters. The van der Waals surface area contributed by atoms with Crippen LogP contribution in [0.3, 0.4) is 0 Å². The van der Waals surface area contributed by atoms with Gasteiger partial charge in [0.15, 0.2) is 0 Å². The molecule has 3 N–H and O–H groups in total. The Labute approximate surface area is 235 Å². The highest BCUT2D eigenvalue weighted by Crippen LogP contribution is 2.67.